The highest BCUT2D eigenvalue weighted by molar-refractivity contribution is 6.32. The summed E-state index contributed by atoms with van der Waals surface area (Å²) >= 11 is 6.24. The number of anilines is 1. The maximum Gasteiger partial charge on any atom is 0.318 e. The van der Waals surface area contributed by atoms with Crippen LogP contribution < -0.4 is 15.0 Å². The van der Waals surface area contributed by atoms with Gasteiger partial charge in [0.15, 0.2) is 5.82 Å². The Morgan fingerprint density at radius 1 is 1.52 bits per heavy atom. The van der Waals surface area contributed by atoms with Crippen molar-refractivity contribution in [3.05, 3.63) is 11.2 Å². The Kier molecular flexibility index (Phi) is 6.06. The molecule has 0 aliphatic carbocycles. The molecule has 1 aromatic heterocycles. The molecule has 2 heterocycles. The maximum absolute atomic E-state index is 6.24. The standard InChI is InChI=1S/C15H25ClN4O/c1-11(2)7-17-8-12-5-4-6-20(10-12)14-13(16)9-18-15(19-14)21-3/h9,11-12,17H,4-8,10H2,1-3H3. The summed E-state index contributed by atoms with van der Waals surface area (Å²) in [6.45, 7) is 8.54. The highest BCUT2D eigenvalue weighted by Crippen LogP contribution is 2.28. The van der Waals surface area contributed by atoms with E-state index in [1.165, 1.54) is 6.42 Å². The van der Waals surface area contributed by atoms with Gasteiger partial charge in [-0.3, -0.25) is 0 Å². The third-order valence-electron chi connectivity index (χ3n) is 3.69. The first kappa shape index (κ1) is 16.3. The lowest BCUT2D eigenvalue weighted by molar-refractivity contribution is 0.370. The fraction of sp³-hybridized carbons (Fsp3) is 0.733. The molecule has 1 unspecified atom stereocenters. The molecule has 0 spiro atoms. The van der Waals surface area contributed by atoms with E-state index in [0.29, 0.717) is 22.9 Å². The topological polar surface area (TPSA) is 50.3 Å². The van der Waals surface area contributed by atoms with Crippen molar-refractivity contribution < 1.29 is 4.74 Å². The van der Waals surface area contributed by atoms with Crippen molar-refractivity contribution in [3.63, 3.8) is 0 Å². The van der Waals surface area contributed by atoms with Crippen LogP contribution in [0, 0.1) is 11.8 Å². The lowest BCUT2D eigenvalue weighted by atomic mass is 9.98. The SMILES string of the molecule is COc1ncc(Cl)c(N2CCCC(CNCC(C)C)C2)n1. The Hall–Kier alpha value is -1.07. The first-order valence-corrected chi connectivity index (χ1v) is 8.00. The highest BCUT2D eigenvalue weighted by Gasteiger charge is 2.23. The van der Waals surface area contributed by atoms with E-state index in [-0.39, 0.29) is 0 Å². The second-order valence-electron chi connectivity index (χ2n) is 6.03. The van der Waals surface area contributed by atoms with Crippen molar-refractivity contribution in [1.82, 2.24) is 15.3 Å². The Labute approximate surface area is 132 Å². The summed E-state index contributed by atoms with van der Waals surface area (Å²) < 4.78 is 5.10. The Morgan fingerprint density at radius 3 is 3.05 bits per heavy atom. The molecule has 1 fully saturated rings. The van der Waals surface area contributed by atoms with Gasteiger partial charge in [-0.15, -0.1) is 0 Å². The average Bonchev–Trinajstić information content (AvgIpc) is 2.48. The second-order valence-corrected chi connectivity index (χ2v) is 6.44. The van der Waals surface area contributed by atoms with Crippen LogP contribution in [0.4, 0.5) is 5.82 Å². The highest BCUT2D eigenvalue weighted by atomic mass is 35.5. The van der Waals surface area contributed by atoms with Crippen LogP contribution in [0.25, 0.3) is 0 Å². The maximum atomic E-state index is 6.24. The average molecular weight is 313 g/mol. The number of piperidine rings is 1. The minimum Gasteiger partial charge on any atom is -0.467 e. The summed E-state index contributed by atoms with van der Waals surface area (Å²) in [7, 11) is 1.57. The van der Waals surface area contributed by atoms with Crippen LogP contribution in [-0.4, -0.2) is 43.3 Å². The minimum absolute atomic E-state index is 0.370. The van der Waals surface area contributed by atoms with E-state index >= 15 is 0 Å². The van der Waals surface area contributed by atoms with Gasteiger partial charge in [0.2, 0.25) is 0 Å². The van der Waals surface area contributed by atoms with Crippen LogP contribution in [0.5, 0.6) is 6.01 Å². The second kappa shape index (κ2) is 7.80. The predicted molar refractivity (Wildman–Crippen MR) is 86.2 cm³/mol. The molecule has 1 atom stereocenters. The molecule has 1 aromatic rings. The zero-order valence-electron chi connectivity index (χ0n) is 13.1. The predicted octanol–water partition coefficient (Wildman–Crippen LogP) is 2.60. The number of rotatable bonds is 6. The first-order chi connectivity index (χ1) is 10.1. The molecule has 0 bridgehead atoms. The zero-order valence-corrected chi connectivity index (χ0v) is 13.9. The van der Waals surface area contributed by atoms with Gasteiger partial charge in [0.1, 0.15) is 5.02 Å². The quantitative estimate of drug-likeness (QED) is 0.875. The van der Waals surface area contributed by atoms with E-state index in [4.69, 9.17) is 16.3 Å². The number of ether oxygens (including phenoxy) is 1. The van der Waals surface area contributed by atoms with E-state index in [1.54, 1.807) is 13.3 Å². The van der Waals surface area contributed by atoms with Crippen LogP contribution in [0.2, 0.25) is 5.02 Å². The van der Waals surface area contributed by atoms with Crippen molar-refractivity contribution in [1.29, 1.82) is 0 Å². The lowest BCUT2D eigenvalue weighted by Crippen LogP contribution is -2.40. The van der Waals surface area contributed by atoms with Gasteiger partial charge in [-0.2, -0.15) is 4.98 Å². The Bertz CT molecular complexity index is 455. The van der Waals surface area contributed by atoms with E-state index in [9.17, 15) is 0 Å². The number of methoxy groups -OCH3 is 1. The van der Waals surface area contributed by atoms with E-state index in [0.717, 1.165) is 38.4 Å². The van der Waals surface area contributed by atoms with Gasteiger partial charge in [0.05, 0.1) is 13.3 Å². The van der Waals surface area contributed by atoms with Crippen molar-refractivity contribution in [2.24, 2.45) is 11.8 Å². The molecular formula is C15H25ClN4O. The third kappa shape index (κ3) is 4.71. The van der Waals surface area contributed by atoms with Crippen molar-refractivity contribution in [2.45, 2.75) is 26.7 Å². The third-order valence-corrected chi connectivity index (χ3v) is 3.96. The smallest absolute Gasteiger partial charge is 0.318 e. The molecule has 0 aromatic carbocycles. The summed E-state index contributed by atoms with van der Waals surface area (Å²) in [6.07, 6.45) is 4.03. The molecule has 21 heavy (non-hydrogen) atoms. The molecule has 0 saturated carbocycles. The Morgan fingerprint density at radius 2 is 2.33 bits per heavy atom. The molecule has 5 nitrogen and oxygen atoms in total. The number of nitrogens with one attached hydrogen (secondary N) is 1. The summed E-state index contributed by atoms with van der Waals surface area (Å²) in [5.74, 6) is 2.11. The van der Waals surface area contributed by atoms with Gasteiger partial charge in [0.25, 0.3) is 0 Å². The molecule has 6 heteroatoms. The van der Waals surface area contributed by atoms with Crippen LogP contribution in [0.3, 0.4) is 0 Å². The number of halogens is 1. The van der Waals surface area contributed by atoms with Crippen LogP contribution in [-0.2, 0) is 0 Å². The van der Waals surface area contributed by atoms with Crippen molar-refractivity contribution in [3.8, 4) is 6.01 Å². The number of hydrogen-bond donors (Lipinski definition) is 1. The normalized spacial score (nSPS) is 19.1. The molecule has 1 aliphatic heterocycles. The number of hydrogen-bond acceptors (Lipinski definition) is 5. The minimum atomic E-state index is 0.370. The molecule has 0 amide bonds. The van der Waals surface area contributed by atoms with Crippen LogP contribution in [0.1, 0.15) is 26.7 Å². The van der Waals surface area contributed by atoms with E-state index < -0.39 is 0 Å². The van der Waals surface area contributed by atoms with Crippen molar-refractivity contribution in [2.75, 3.05) is 38.2 Å². The van der Waals surface area contributed by atoms with Gasteiger partial charge in [-0.1, -0.05) is 25.4 Å². The fourth-order valence-corrected chi connectivity index (χ4v) is 2.87. The molecule has 1 aliphatic rings. The summed E-state index contributed by atoms with van der Waals surface area (Å²) in [5.41, 5.74) is 0. The molecule has 1 N–H and O–H groups in total. The number of aromatic nitrogens is 2. The summed E-state index contributed by atoms with van der Waals surface area (Å²) in [6, 6.07) is 0.370. The fourth-order valence-electron chi connectivity index (χ4n) is 2.66. The van der Waals surface area contributed by atoms with Gasteiger partial charge < -0.3 is 15.0 Å². The number of nitrogens with zero attached hydrogens (tertiary/aromatic N) is 3. The van der Waals surface area contributed by atoms with Crippen LogP contribution in [0.15, 0.2) is 6.20 Å². The Balaban J connectivity index is 1.97. The lowest BCUT2D eigenvalue weighted by Gasteiger charge is -2.34. The van der Waals surface area contributed by atoms with E-state index in [2.05, 4.69) is 34.0 Å². The van der Waals surface area contributed by atoms with Gasteiger partial charge in [-0.05, 0) is 37.8 Å². The van der Waals surface area contributed by atoms with Crippen molar-refractivity contribution >= 4 is 17.4 Å². The summed E-state index contributed by atoms with van der Waals surface area (Å²) in [5, 5.41) is 4.14. The molecule has 118 valence electrons. The van der Waals surface area contributed by atoms with E-state index in [1.807, 2.05) is 0 Å². The molecule has 1 saturated heterocycles. The van der Waals surface area contributed by atoms with Gasteiger partial charge in [0, 0.05) is 13.1 Å². The monoisotopic (exact) mass is 312 g/mol. The summed E-state index contributed by atoms with van der Waals surface area (Å²) in [4.78, 5) is 10.7. The van der Waals surface area contributed by atoms with Gasteiger partial charge in [-0.25, -0.2) is 4.98 Å². The molecule has 0 radical (unpaired) electrons. The largest absolute Gasteiger partial charge is 0.467 e. The van der Waals surface area contributed by atoms with Gasteiger partial charge >= 0.3 is 6.01 Å². The zero-order chi connectivity index (χ0) is 15.2. The van der Waals surface area contributed by atoms with Crippen LogP contribution >= 0.6 is 11.6 Å². The molecule has 2 rings (SSSR count). The first-order valence-electron chi connectivity index (χ1n) is 7.62. The molecular weight excluding hydrogens is 288 g/mol.